The lowest BCUT2D eigenvalue weighted by Crippen LogP contribution is -2.46. The third-order valence-electron chi connectivity index (χ3n) is 3.54. The van der Waals surface area contributed by atoms with E-state index in [2.05, 4.69) is 5.32 Å². The van der Waals surface area contributed by atoms with Crippen LogP contribution in [0.25, 0.3) is 0 Å². The zero-order valence-corrected chi connectivity index (χ0v) is 13.6. The molecule has 0 spiro atoms. The molecule has 0 aromatic rings. The smallest absolute Gasteiger partial charge is 0.319 e. The van der Waals surface area contributed by atoms with Crippen LogP contribution < -0.4 is 5.32 Å². The lowest BCUT2D eigenvalue weighted by Gasteiger charge is -2.31. The fourth-order valence-corrected chi connectivity index (χ4v) is 2.60. The van der Waals surface area contributed by atoms with Gasteiger partial charge in [0.2, 0.25) is 11.8 Å². The summed E-state index contributed by atoms with van der Waals surface area (Å²) in [5.41, 5.74) is -0.505. The summed E-state index contributed by atoms with van der Waals surface area (Å²) in [5, 5.41) is 2.81. The second kappa shape index (κ2) is 6.91. The Labute approximate surface area is 126 Å². The number of carbonyl (C=O) groups is 3. The number of nitrogens with zero attached hydrogens (tertiary/aromatic N) is 1. The van der Waals surface area contributed by atoms with E-state index in [-0.39, 0.29) is 24.5 Å². The van der Waals surface area contributed by atoms with Crippen molar-refractivity contribution in [3.8, 4) is 0 Å². The van der Waals surface area contributed by atoms with E-state index in [0.717, 1.165) is 0 Å². The summed E-state index contributed by atoms with van der Waals surface area (Å²) in [7, 11) is 0. The van der Waals surface area contributed by atoms with Crippen molar-refractivity contribution in [1.82, 2.24) is 10.2 Å². The van der Waals surface area contributed by atoms with Gasteiger partial charge in [-0.3, -0.25) is 14.4 Å². The molecule has 2 amide bonds. The molecule has 1 fully saturated rings. The maximum atomic E-state index is 12.7. The van der Waals surface area contributed by atoms with Crippen molar-refractivity contribution in [3.63, 3.8) is 0 Å². The van der Waals surface area contributed by atoms with Crippen molar-refractivity contribution >= 4 is 17.8 Å². The van der Waals surface area contributed by atoms with E-state index in [9.17, 15) is 14.4 Å². The number of ether oxygens (including phenoxy) is 1. The molecule has 1 rings (SSSR count). The van der Waals surface area contributed by atoms with Crippen LogP contribution >= 0.6 is 0 Å². The van der Waals surface area contributed by atoms with E-state index >= 15 is 0 Å². The Morgan fingerprint density at radius 2 is 1.95 bits per heavy atom. The van der Waals surface area contributed by atoms with Crippen molar-refractivity contribution in [1.29, 1.82) is 0 Å². The van der Waals surface area contributed by atoms with Gasteiger partial charge in [0.1, 0.15) is 5.92 Å². The number of hydrogen-bond acceptors (Lipinski definition) is 4. The molecule has 1 saturated heterocycles. The van der Waals surface area contributed by atoms with Gasteiger partial charge in [0.25, 0.3) is 0 Å². The molecule has 6 heteroatoms. The van der Waals surface area contributed by atoms with E-state index in [4.69, 9.17) is 4.74 Å². The summed E-state index contributed by atoms with van der Waals surface area (Å²) in [6.45, 7) is 10.0. The zero-order valence-electron chi connectivity index (χ0n) is 13.6. The number of carbonyl (C=O) groups excluding carboxylic acids is 3. The van der Waals surface area contributed by atoms with Crippen LogP contribution in [0.15, 0.2) is 0 Å². The third kappa shape index (κ3) is 4.72. The fraction of sp³-hybridized carbons (Fsp3) is 0.800. The molecule has 0 aromatic heterocycles. The Bertz CT molecular complexity index is 414. The average molecular weight is 298 g/mol. The first kappa shape index (κ1) is 17.5. The summed E-state index contributed by atoms with van der Waals surface area (Å²) in [6, 6.07) is -0.0331. The largest absolute Gasteiger partial charge is 0.465 e. The summed E-state index contributed by atoms with van der Waals surface area (Å²) in [4.78, 5) is 37.5. The van der Waals surface area contributed by atoms with Gasteiger partial charge in [-0.15, -0.1) is 0 Å². The van der Waals surface area contributed by atoms with Gasteiger partial charge in [0.05, 0.1) is 6.61 Å². The topological polar surface area (TPSA) is 75.7 Å². The molecule has 1 aliphatic rings. The number of amides is 2. The van der Waals surface area contributed by atoms with Gasteiger partial charge in [0, 0.05) is 26.1 Å². The van der Waals surface area contributed by atoms with Crippen LogP contribution in [-0.2, 0) is 19.1 Å². The van der Waals surface area contributed by atoms with Crippen molar-refractivity contribution in [3.05, 3.63) is 0 Å². The van der Waals surface area contributed by atoms with E-state index < -0.39 is 17.3 Å². The minimum absolute atomic E-state index is 0.0331. The highest BCUT2D eigenvalue weighted by Gasteiger charge is 2.42. The molecule has 1 N–H and O–H groups in total. The van der Waals surface area contributed by atoms with Gasteiger partial charge in [-0.05, 0) is 18.8 Å². The Morgan fingerprint density at radius 1 is 1.33 bits per heavy atom. The molecule has 2 atom stereocenters. The first-order valence-corrected chi connectivity index (χ1v) is 7.39. The maximum Gasteiger partial charge on any atom is 0.319 e. The first-order chi connectivity index (χ1) is 9.66. The zero-order chi connectivity index (χ0) is 16.2. The molecule has 21 heavy (non-hydrogen) atoms. The Balaban J connectivity index is 2.78. The monoisotopic (exact) mass is 298 g/mol. The van der Waals surface area contributed by atoms with E-state index in [1.807, 2.05) is 20.8 Å². The number of hydrogen-bond donors (Lipinski definition) is 1. The third-order valence-corrected chi connectivity index (χ3v) is 3.54. The molecular formula is C15H26N2O4. The molecule has 0 aromatic carbocycles. The molecule has 1 aliphatic heterocycles. The van der Waals surface area contributed by atoms with Crippen LogP contribution in [0, 0.1) is 11.3 Å². The molecule has 0 saturated carbocycles. The second-order valence-electron chi connectivity index (χ2n) is 6.52. The van der Waals surface area contributed by atoms with Crippen LogP contribution in [0.1, 0.15) is 41.0 Å². The van der Waals surface area contributed by atoms with Crippen LogP contribution in [-0.4, -0.2) is 48.4 Å². The molecule has 0 aliphatic carbocycles. The predicted molar refractivity (Wildman–Crippen MR) is 78.4 cm³/mol. The van der Waals surface area contributed by atoms with E-state index in [0.29, 0.717) is 19.5 Å². The lowest BCUT2D eigenvalue weighted by molar-refractivity contribution is -0.160. The van der Waals surface area contributed by atoms with Crippen molar-refractivity contribution in [2.24, 2.45) is 11.3 Å². The Morgan fingerprint density at radius 3 is 2.43 bits per heavy atom. The Kier molecular flexibility index (Phi) is 5.75. The number of esters is 1. The molecule has 2 unspecified atom stereocenters. The van der Waals surface area contributed by atoms with Gasteiger partial charge in [-0.25, -0.2) is 0 Å². The lowest BCUT2D eigenvalue weighted by atomic mass is 9.80. The fourth-order valence-electron chi connectivity index (χ4n) is 2.60. The predicted octanol–water partition coefficient (Wildman–Crippen LogP) is 0.949. The minimum Gasteiger partial charge on any atom is -0.465 e. The molecule has 6 nitrogen and oxygen atoms in total. The summed E-state index contributed by atoms with van der Waals surface area (Å²) in [6.07, 6.45) is 0.713. The highest BCUT2D eigenvalue weighted by atomic mass is 16.5. The van der Waals surface area contributed by atoms with Gasteiger partial charge in [-0.2, -0.15) is 0 Å². The van der Waals surface area contributed by atoms with Gasteiger partial charge < -0.3 is 15.0 Å². The van der Waals surface area contributed by atoms with Crippen molar-refractivity contribution in [2.45, 2.75) is 47.1 Å². The van der Waals surface area contributed by atoms with Crippen LogP contribution in [0.2, 0.25) is 0 Å². The molecule has 0 bridgehead atoms. The molecular weight excluding hydrogens is 272 g/mol. The highest BCUT2D eigenvalue weighted by molar-refractivity contribution is 5.98. The maximum absolute atomic E-state index is 12.7. The van der Waals surface area contributed by atoms with Crippen LogP contribution in [0.4, 0.5) is 0 Å². The minimum atomic E-state index is -0.812. The second-order valence-corrected chi connectivity index (χ2v) is 6.52. The molecule has 1 heterocycles. The number of rotatable bonds is 4. The number of nitrogens with one attached hydrogen (secondary N) is 1. The van der Waals surface area contributed by atoms with Crippen LogP contribution in [0.3, 0.4) is 0 Å². The molecule has 120 valence electrons. The first-order valence-electron chi connectivity index (χ1n) is 7.39. The van der Waals surface area contributed by atoms with Gasteiger partial charge in [-0.1, -0.05) is 20.8 Å². The van der Waals surface area contributed by atoms with Crippen molar-refractivity contribution < 1.29 is 19.1 Å². The number of likely N-dealkylation sites (tertiary alicyclic amines) is 1. The average Bonchev–Trinajstić information content (AvgIpc) is 2.75. The summed E-state index contributed by atoms with van der Waals surface area (Å²) < 4.78 is 5.05. The quantitative estimate of drug-likeness (QED) is 0.619. The van der Waals surface area contributed by atoms with E-state index in [1.165, 1.54) is 6.92 Å². The van der Waals surface area contributed by atoms with Crippen LogP contribution in [0.5, 0.6) is 0 Å². The highest BCUT2D eigenvalue weighted by Crippen LogP contribution is 2.30. The van der Waals surface area contributed by atoms with E-state index in [1.54, 1.807) is 11.8 Å². The van der Waals surface area contributed by atoms with Crippen molar-refractivity contribution in [2.75, 3.05) is 19.7 Å². The summed E-state index contributed by atoms with van der Waals surface area (Å²) >= 11 is 0. The van der Waals surface area contributed by atoms with Gasteiger partial charge in [0.15, 0.2) is 0 Å². The SMILES string of the molecule is CCOC(=O)C(C(=O)N1CCC(NC(C)=O)C1)C(C)(C)C. The molecule has 0 radical (unpaired) electrons. The Hall–Kier alpha value is -1.59. The summed E-state index contributed by atoms with van der Waals surface area (Å²) in [5.74, 6) is -1.60. The normalized spacial score (nSPS) is 20.0. The standard InChI is InChI=1S/C15H26N2O4/c1-6-21-14(20)12(15(3,4)5)13(19)17-8-7-11(9-17)16-10(2)18/h11-12H,6-9H2,1-5H3,(H,16,18). The van der Waals surface area contributed by atoms with Gasteiger partial charge >= 0.3 is 5.97 Å².